The molecule has 8 heteroatoms. The van der Waals surface area contributed by atoms with Crippen LogP contribution in [0.25, 0.3) is 0 Å². The molecule has 1 aliphatic heterocycles. The molecule has 0 bridgehead atoms. The van der Waals surface area contributed by atoms with Crippen molar-refractivity contribution in [2.45, 2.75) is 26.3 Å². The van der Waals surface area contributed by atoms with Crippen LogP contribution in [0.3, 0.4) is 0 Å². The summed E-state index contributed by atoms with van der Waals surface area (Å²) in [4.78, 5) is 20.1. The van der Waals surface area contributed by atoms with Gasteiger partial charge in [-0.2, -0.15) is 0 Å². The van der Waals surface area contributed by atoms with Gasteiger partial charge in [0.1, 0.15) is 11.5 Å². The molecule has 1 fully saturated rings. The molecule has 0 aromatic carbocycles. The number of anilines is 1. The first-order valence-corrected chi connectivity index (χ1v) is 8.75. The van der Waals surface area contributed by atoms with E-state index in [1.54, 1.807) is 0 Å². The van der Waals surface area contributed by atoms with Gasteiger partial charge in [-0.3, -0.25) is 4.79 Å². The monoisotopic (exact) mass is 312 g/mol. The molecule has 1 aromatic heterocycles. The van der Waals surface area contributed by atoms with E-state index in [1.807, 2.05) is 0 Å². The van der Waals surface area contributed by atoms with E-state index in [0.29, 0.717) is 18.2 Å². The molecule has 2 N–H and O–H groups in total. The van der Waals surface area contributed by atoms with Crippen LogP contribution >= 0.6 is 0 Å². The van der Waals surface area contributed by atoms with Crippen LogP contribution in [0, 0.1) is 5.92 Å². The Morgan fingerprint density at radius 2 is 2.14 bits per heavy atom. The fourth-order valence-electron chi connectivity index (χ4n) is 2.01. The summed E-state index contributed by atoms with van der Waals surface area (Å²) in [5.74, 6) is 0.838. The molecule has 0 aliphatic carbocycles. The molecule has 0 saturated carbocycles. The van der Waals surface area contributed by atoms with Crippen LogP contribution < -0.4 is 10.6 Å². The quantitative estimate of drug-likeness (QED) is 0.819. The Morgan fingerprint density at radius 1 is 1.38 bits per heavy atom. The zero-order chi connectivity index (χ0) is 15.5. The Labute approximate surface area is 124 Å². The van der Waals surface area contributed by atoms with Gasteiger partial charge in [-0.15, -0.1) is 0 Å². The summed E-state index contributed by atoms with van der Waals surface area (Å²) in [5.41, 5.74) is 0.189. The lowest BCUT2D eigenvalue weighted by molar-refractivity contribution is 0.0935. The third-order valence-electron chi connectivity index (χ3n) is 3.14. The van der Waals surface area contributed by atoms with Gasteiger partial charge in [0.05, 0.1) is 23.9 Å². The highest BCUT2D eigenvalue weighted by molar-refractivity contribution is 7.91. The number of carbonyl (C=O) groups excluding carboxylic acids is 1. The average Bonchev–Trinajstić information content (AvgIpc) is 2.76. The van der Waals surface area contributed by atoms with Gasteiger partial charge in [0, 0.05) is 12.6 Å². The Morgan fingerprint density at radius 3 is 2.67 bits per heavy atom. The Kier molecular flexibility index (Phi) is 4.76. The lowest BCUT2D eigenvalue weighted by atomic mass is 10.2. The molecular weight excluding hydrogens is 292 g/mol. The van der Waals surface area contributed by atoms with Crippen LogP contribution in [0.15, 0.2) is 12.4 Å². The number of nitrogens with one attached hydrogen (secondary N) is 2. The normalized spacial score (nSPS) is 20.4. The Balaban J connectivity index is 1.91. The van der Waals surface area contributed by atoms with Gasteiger partial charge >= 0.3 is 0 Å². The fourth-order valence-corrected chi connectivity index (χ4v) is 3.69. The van der Waals surface area contributed by atoms with Crippen molar-refractivity contribution in [1.29, 1.82) is 0 Å². The molecule has 7 nitrogen and oxygen atoms in total. The van der Waals surface area contributed by atoms with Crippen LogP contribution in [0.2, 0.25) is 0 Å². The van der Waals surface area contributed by atoms with E-state index >= 15 is 0 Å². The minimum atomic E-state index is -3.01. The van der Waals surface area contributed by atoms with Gasteiger partial charge in [0.2, 0.25) is 0 Å². The van der Waals surface area contributed by atoms with E-state index in [4.69, 9.17) is 0 Å². The molecule has 1 atom stereocenters. The summed E-state index contributed by atoms with van der Waals surface area (Å²) >= 11 is 0. The van der Waals surface area contributed by atoms with E-state index in [2.05, 4.69) is 34.4 Å². The van der Waals surface area contributed by atoms with Crippen LogP contribution in [0.4, 0.5) is 5.82 Å². The predicted molar refractivity (Wildman–Crippen MR) is 79.9 cm³/mol. The zero-order valence-electron chi connectivity index (χ0n) is 12.2. The van der Waals surface area contributed by atoms with E-state index in [1.165, 1.54) is 12.4 Å². The van der Waals surface area contributed by atoms with Crippen molar-refractivity contribution in [2.24, 2.45) is 5.92 Å². The second-order valence-corrected chi connectivity index (χ2v) is 7.86. The number of nitrogens with zero attached hydrogens (tertiary/aromatic N) is 2. The summed E-state index contributed by atoms with van der Waals surface area (Å²) in [6.45, 7) is 4.94. The number of amides is 1. The predicted octanol–water partition coefficient (Wildman–Crippen LogP) is 0.461. The fraction of sp³-hybridized carbons (Fsp3) is 0.615. The van der Waals surface area contributed by atoms with E-state index in [-0.39, 0.29) is 29.1 Å². The number of hydrogen-bond acceptors (Lipinski definition) is 6. The first kappa shape index (κ1) is 15.7. The minimum absolute atomic E-state index is 0.000195. The highest BCUT2D eigenvalue weighted by Crippen LogP contribution is 2.12. The van der Waals surface area contributed by atoms with Crippen molar-refractivity contribution in [2.75, 3.05) is 23.4 Å². The van der Waals surface area contributed by atoms with Crippen LogP contribution in [-0.4, -0.2) is 48.4 Å². The highest BCUT2D eigenvalue weighted by atomic mass is 32.2. The molecule has 21 heavy (non-hydrogen) atoms. The summed E-state index contributed by atoms with van der Waals surface area (Å²) in [6.07, 6.45) is 3.35. The summed E-state index contributed by atoms with van der Waals surface area (Å²) in [6, 6.07) is -0.331. The molecule has 2 heterocycles. The molecule has 116 valence electrons. The third-order valence-corrected chi connectivity index (χ3v) is 4.91. The maximum atomic E-state index is 12.0. The lowest BCUT2D eigenvalue weighted by Crippen LogP contribution is -2.36. The molecule has 1 unspecified atom stereocenters. The van der Waals surface area contributed by atoms with Gasteiger partial charge in [-0.25, -0.2) is 18.4 Å². The number of sulfone groups is 1. The Hall–Kier alpha value is -1.70. The molecular formula is C13H20N4O3S. The van der Waals surface area contributed by atoms with Crippen molar-refractivity contribution in [3.05, 3.63) is 18.1 Å². The molecule has 1 aliphatic rings. The van der Waals surface area contributed by atoms with Crippen molar-refractivity contribution >= 4 is 21.6 Å². The topological polar surface area (TPSA) is 101 Å². The lowest BCUT2D eigenvalue weighted by Gasteiger charge is -2.11. The van der Waals surface area contributed by atoms with Crippen molar-refractivity contribution in [3.8, 4) is 0 Å². The SMILES string of the molecule is CC(C)CNc1cnc(C(=O)NC2CCS(=O)(=O)C2)cn1. The first-order chi connectivity index (χ1) is 9.85. The number of aromatic nitrogens is 2. The highest BCUT2D eigenvalue weighted by Gasteiger charge is 2.29. The second-order valence-electron chi connectivity index (χ2n) is 5.64. The summed E-state index contributed by atoms with van der Waals surface area (Å²) in [7, 11) is -3.01. The molecule has 0 radical (unpaired) electrons. The van der Waals surface area contributed by atoms with Gasteiger partial charge < -0.3 is 10.6 Å². The van der Waals surface area contributed by atoms with Crippen molar-refractivity contribution < 1.29 is 13.2 Å². The zero-order valence-corrected chi connectivity index (χ0v) is 13.0. The van der Waals surface area contributed by atoms with Gasteiger partial charge in [0.15, 0.2) is 9.84 Å². The molecule has 1 amide bonds. The largest absolute Gasteiger partial charge is 0.369 e. The number of hydrogen-bond donors (Lipinski definition) is 2. The van der Waals surface area contributed by atoms with Crippen LogP contribution in [-0.2, 0) is 9.84 Å². The van der Waals surface area contributed by atoms with Crippen molar-refractivity contribution in [1.82, 2.24) is 15.3 Å². The van der Waals surface area contributed by atoms with Gasteiger partial charge in [-0.05, 0) is 12.3 Å². The Bertz CT molecular complexity index is 598. The standard InChI is InChI=1S/C13H20N4O3S/c1-9(2)5-15-12-7-14-11(6-16-12)13(18)17-10-3-4-21(19,20)8-10/h6-7,9-10H,3-5,8H2,1-2H3,(H,15,16)(H,17,18). The third kappa shape index (κ3) is 4.66. The van der Waals surface area contributed by atoms with Crippen molar-refractivity contribution in [3.63, 3.8) is 0 Å². The van der Waals surface area contributed by atoms with Gasteiger partial charge in [0.25, 0.3) is 5.91 Å². The molecule has 2 rings (SSSR count). The molecule has 0 spiro atoms. The van der Waals surface area contributed by atoms with Crippen LogP contribution in [0.5, 0.6) is 0 Å². The number of carbonyl (C=O) groups is 1. The second kappa shape index (κ2) is 6.38. The molecule has 1 saturated heterocycles. The van der Waals surface area contributed by atoms with Crippen LogP contribution in [0.1, 0.15) is 30.8 Å². The molecule has 1 aromatic rings. The van der Waals surface area contributed by atoms with E-state index in [9.17, 15) is 13.2 Å². The maximum Gasteiger partial charge on any atom is 0.271 e. The average molecular weight is 312 g/mol. The van der Waals surface area contributed by atoms with E-state index in [0.717, 1.165) is 6.54 Å². The smallest absolute Gasteiger partial charge is 0.271 e. The van der Waals surface area contributed by atoms with Gasteiger partial charge in [-0.1, -0.05) is 13.8 Å². The van der Waals surface area contributed by atoms with E-state index < -0.39 is 9.84 Å². The summed E-state index contributed by atoms with van der Waals surface area (Å²) < 4.78 is 22.7. The maximum absolute atomic E-state index is 12.0. The summed E-state index contributed by atoms with van der Waals surface area (Å²) in [5, 5.41) is 5.79. The first-order valence-electron chi connectivity index (χ1n) is 6.93. The number of rotatable bonds is 5. The minimum Gasteiger partial charge on any atom is -0.369 e.